The lowest BCUT2D eigenvalue weighted by Crippen LogP contribution is -2.32. The van der Waals surface area contributed by atoms with Crippen LogP contribution >= 0.6 is 11.6 Å². The number of carbonyl (C=O) groups is 1. The number of rotatable bonds is 4. The van der Waals surface area contributed by atoms with E-state index in [1.807, 2.05) is 13.8 Å². The Morgan fingerprint density at radius 2 is 2.21 bits per heavy atom. The Morgan fingerprint density at radius 3 is 2.84 bits per heavy atom. The topological polar surface area (TPSA) is 38.8 Å². The van der Waals surface area contributed by atoms with Crippen molar-refractivity contribution in [3.05, 3.63) is 34.9 Å². The van der Waals surface area contributed by atoms with Gasteiger partial charge in [0.1, 0.15) is 0 Å². The first-order valence-electron chi connectivity index (χ1n) is 6.05. The third kappa shape index (κ3) is 2.84. The van der Waals surface area contributed by atoms with Crippen molar-refractivity contribution < 1.29 is 14.3 Å². The Hall–Kier alpha value is -1.68. The van der Waals surface area contributed by atoms with Crippen LogP contribution < -0.4 is 9.47 Å². The number of ether oxygens (including phenoxy) is 2. The molecule has 0 fully saturated rings. The fraction of sp³-hybridized carbons (Fsp3) is 0.357. The summed E-state index contributed by atoms with van der Waals surface area (Å²) in [6, 6.07) is 3.27. The number of likely N-dealkylation sites (N-methyl/N-ethyl adjacent to an activating group) is 1. The van der Waals surface area contributed by atoms with Gasteiger partial charge in [-0.05, 0) is 26.0 Å². The van der Waals surface area contributed by atoms with Gasteiger partial charge in [0.2, 0.25) is 6.79 Å². The van der Waals surface area contributed by atoms with Crippen LogP contribution in [0, 0.1) is 0 Å². The van der Waals surface area contributed by atoms with Crippen LogP contribution in [0.15, 0.2) is 24.3 Å². The second-order valence-electron chi connectivity index (χ2n) is 4.47. The number of nitrogens with zero attached hydrogens (tertiary/aromatic N) is 1. The van der Waals surface area contributed by atoms with Crippen molar-refractivity contribution in [1.82, 2.24) is 4.90 Å². The van der Waals surface area contributed by atoms with Gasteiger partial charge in [-0.15, -0.1) is 0 Å². The summed E-state index contributed by atoms with van der Waals surface area (Å²) in [6.45, 7) is 8.92. The van der Waals surface area contributed by atoms with E-state index in [1.165, 1.54) is 0 Å². The van der Waals surface area contributed by atoms with Crippen molar-refractivity contribution in [3.63, 3.8) is 0 Å². The number of carbonyl (C=O) groups excluding carboxylic acids is 1. The SMILES string of the molecule is C=C(C)CN(CC)C(=O)c1cc(Cl)c2c(c1)OCO2. The molecule has 0 radical (unpaired) electrons. The van der Waals surface area contributed by atoms with E-state index in [4.69, 9.17) is 21.1 Å². The molecule has 0 atom stereocenters. The average Bonchev–Trinajstić information content (AvgIpc) is 2.83. The van der Waals surface area contributed by atoms with Crippen LogP contribution in [0.25, 0.3) is 0 Å². The lowest BCUT2D eigenvalue weighted by Gasteiger charge is -2.21. The molecule has 0 bridgehead atoms. The molecule has 5 heteroatoms. The standard InChI is InChI=1S/C14H16ClNO3/c1-4-16(7-9(2)3)14(17)10-5-11(15)13-12(6-10)18-8-19-13/h5-6H,2,4,7-8H2,1,3H3. The smallest absolute Gasteiger partial charge is 0.254 e. The molecule has 1 aliphatic heterocycles. The molecule has 0 spiro atoms. The minimum Gasteiger partial charge on any atom is -0.454 e. The molecule has 2 rings (SSSR count). The highest BCUT2D eigenvalue weighted by Crippen LogP contribution is 2.40. The van der Waals surface area contributed by atoms with E-state index in [0.29, 0.717) is 35.2 Å². The largest absolute Gasteiger partial charge is 0.454 e. The Labute approximate surface area is 117 Å². The zero-order valence-electron chi connectivity index (χ0n) is 11.0. The first kappa shape index (κ1) is 13.7. The van der Waals surface area contributed by atoms with Gasteiger partial charge < -0.3 is 14.4 Å². The van der Waals surface area contributed by atoms with Crippen molar-refractivity contribution in [3.8, 4) is 11.5 Å². The van der Waals surface area contributed by atoms with Gasteiger partial charge >= 0.3 is 0 Å². The number of halogens is 1. The zero-order valence-corrected chi connectivity index (χ0v) is 11.8. The third-order valence-corrected chi connectivity index (χ3v) is 3.08. The van der Waals surface area contributed by atoms with E-state index in [9.17, 15) is 4.79 Å². The first-order valence-corrected chi connectivity index (χ1v) is 6.43. The summed E-state index contributed by atoms with van der Waals surface area (Å²) < 4.78 is 10.5. The number of amides is 1. The van der Waals surface area contributed by atoms with Crippen LogP contribution in [0.4, 0.5) is 0 Å². The fourth-order valence-electron chi connectivity index (χ4n) is 1.93. The minimum absolute atomic E-state index is 0.0919. The van der Waals surface area contributed by atoms with Gasteiger partial charge in [-0.25, -0.2) is 0 Å². The van der Waals surface area contributed by atoms with Crippen molar-refractivity contribution in [2.45, 2.75) is 13.8 Å². The summed E-state index contributed by atoms with van der Waals surface area (Å²) in [4.78, 5) is 14.1. The molecule has 0 N–H and O–H groups in total. The molecule has 0 aromatic heterocycles. The second-order valence-corrected chi connectivity index (χ2v) is 4.88. The van der Waals surface area contributed by atoms with Crippen molar-refractivity contribution in [2.75, 3.05) is 19.9 Å². The Morgan fingerprint density at radius 1 is 1.47 bits per heavy atom. The van der Waals surface area contributed by atoms with Crippen LogP contribution in [0.1, 0.15) is 24.2 Å². The molecular weight excluding hydrogens is 266 g/mol. The van der Waals surface area contributed by atoms with Crippen LogP contribution in [0.5, 0.6) is 11.5 Å². The number of fused-ring (bicyclic) bond motifs is 1. The number of benzene rings is 1. The van der Waals surface area contributed by atoms with Crippen molar-refractivity contribution in [2.24, 2.45) is 0 Å². The van der Waals surface area contributed by atoms with E-state index in [1.54, 1.807) is 17.0 Å². The van der Waals surface area contributed by atoms with E-state index in [0.717, 1.165) is 5.57 Å². The number of hydrogen-bond donors (Lipinski definition) is 0. The summed E-state index contributed by atoms with van der Waals surface area (Å²) in [5, 5.41) is 0.393. The summed E-state index contributed by atoms with van der Waals surface area (Å²) in [7, 11) is 0. The lowest BCUT2D eigenvalue weighted by molar-refractivity contribution is 0.0778. The molecule has 4 nitrogen and oxygen atoms in total. The van der Waals surface area contributed by atoms with Gasteiger partial charge in [-0.3, -0.25) is 4.79 Å². The third-order valence-electron chi connectivity index (χ3n) is 2.80. The molecule has 0 saturated carbocycles. The van der Waals surface area contributed by atoms with Gasteiger partial charge in [-0.2, -0.15) is 0 Å². The Kier molecular flexibility index (Phi) is 4.00. The Balaban J connectivity index is 2.28. The van der Waals surface area contributed by atoms with E-state index in [2.05, 4.69) is 6.58 Å². The maximum absolute atomic E-state index is 12.4. The summed E-state index contributed by atoms with van der Waals surface area (Å²) in [5.74, 6) is 0.925. The molecule has 0 saturated heterocycles. The molecule has 1 aromatic carbocycles. The van der Waals surface area contributed by atoms with Crippen LogP contribution in [0.2, 0.25) is 5.02 Å². The minimum atomic E-state index is -0.0919. The highest BCUT2D eigenvalue weighted by Gasteiger charge is 2.22. The zero-order chi connectivity index (χ0) is 14.0. The molecule has 19 heavy (non-hydrogen) atoms. The molecular formula is C14H16ClNO3. The normalized spacial score (nSPS) is 12.4. The predicted octanol–water partition coefficient (Wildman–Crippen LogP) is 3.11. The van der Waals surface area contributed by atoms with Crippen LogP contribution in [-0.2, 0) is 0 Å². The van der Waals surface area contributed by atoms with Gasteiger partial charge in [0.15, 0.2) is 11.5 Å². The highest BCUT2D eigenvalue weighted by molar-refractivity contribution is 6.32. The maximum Gasteiger partial charge on any atom is 0.254 e. The molecule has 0 aliphatic carbocycles. The molecule has 0 unspecified atom stereocenters. The van der Waals surface area contributed by atoms with Crippen LogP contribution in [-0.4, -0.2) is 30.7 Å². The fourth-order valence-corrected chi connectivity index (χ4v) is 2.19. The molecule has 102 valence electrons. The van der Waals surface area contributed by atoms with E-state index >= 15 is 0 Å². The maximum atomic E-state index is 12.4. The van der Waals surface area contributed by atoms with Gasteiger partial charge in [0.25, 0.3) is 5.91 Å². The number of hydrogen-bond acceptors (Lipinski definition) is 3. The molecule has 1 amide bonds. The predicted molar refractivity (Wildman–Crippen MR) is 74.0 cm³/mol. The highest BCUT2D eigenvalue weighted by atomic mass is 35.5. The summed E-state index contributed by atoms with van der Waals surface area (Å²) >= 11 is 6.08. The van der Waals surface area contributed by atoms with E-state index in [-0.39, 0.29) is 12.7 Å². The van der Waals surface area contributed by atoms with Gasteiger partial charge in [-0.1, -0.05) is 23.8 Å². The van der Waals surface area contributed by atoms with E-state index < -0.39 is 0 Å². The van der Waals surface area contributed by atoms with Gasteiger partial charge in [0, 0.05) is 18.7 Å². The van der Waals surface area contributed by atoms with Crippen molar-refractivity contribution >= 4 is 17.5 Å². The second kappa shape index (κ2) is 5.53. The van der Waals surface area contributed by atoms with Gasteiger partial charge in [0.05, 0.1) is 5.02 Å². The van der Waals surface area contributed by atoms with Crippen molar-refractivity contribution in [1.29, 1.82) is 0 Å². The molecule has 1 aliphatic rings. The monoisotopic (exact) mass is 281 g/mol. The average molecular weight is 282 g/mol. The summed E-state index contributed by atoms with van der Waals surface area (Å²) in [6.07, 6.45) is 0. The lowest BCUT2D eigenvalue weighted by atomic mass is 10.1. The van der Waals surface area contributed by atoms with Crippen LogP contribution in [0.3, 0.4) is 0 Å². The quantitative estimate of drug-likeness (QED) is 0.796. The Bertz CT molecular complexity index is 528. The molecule has 1 heterocycles. The summed E-state index contributed by atoms with van der Waals surface area (Å²) in [5.41, 5.74) is 1.43. The molecule has 1 aromatic rings. The first-order chi connectivity index (χ1) is 9.02.